The molecule has 0 spiro atoms. The van der Waals surface area contributed by atoms with Crippen LogP contribution in [0.15, 0.2) is 6.33 Å². The fraction of sp³-hybridized carbons (Fsp3) is 0.571. The van der Waals surface area contributed by atoms with Crippen LogP contribution in [0.3, 0.4) is 0 Å². The number of H-pyrrole nitrogens is 1. The largest absolute Gasteiger partial charge is 0.409 e. The van der Waals surface area contributed by atoms with Crippen LogP contribution in [0.1, 0.15) is 17.4 Å². The zero-order valence-electron chi connectivity index (χ0n) is 6.65. The summed E-state index contributed by atoms with van der Waals surface area (Å²) in [7, 11) is 0. The molecule has 3 nitrogen and oxygen atoms in total. The van der Waals surface area contributed by atoms with Crippen molar-refractivity contribution in [3.05, 3.63) is 17.7 Å². The van der Waals surface area contributed by atoms with Gasteiger partial charge in [-0.1, -0.05) is 0 Å². The van der Waals surface area contributed by atoms with Gasteiger partial charge in [-0.25, -0.2) is 4.98 Å². The maximum Gasteiger partial charge on any atom is 0.409 e. The van der Waals surface area contributed by atoms with Crippen LogP contribution in [-0.4, -0.2) is 22.7 Å². The summed E-state index contributed by atoms with van der Waals surface area (Å²) in [6, 6.07) is -1.61. The van der Waals surface area contributed by atoms with Gasteiger partial charge in [0, 0.05) is 18.7 Å². The highest BCUT2D eigenvalue weighted by molar-refractivity contribution is 5.20. The Hall–Kier alpha value is -1.04. The standard InChI is InChI=1S/C7H8F3N3/c8-7(9,10)6-5-4(1-2-11-6)12-3-13-5/h3,6,11H,1-2H2,(H,12,13). The molecule has 1 aliphatic rings. The van der Waals surface area contributed by atoms with E-state index >= 15 is 0 Å². The van der Waals surface area contributed by atoms with Crippen LogP contribution < -0.4 is 5.32 Å². The molecule has 6 heteroatoms. The Morgan fingerprint density at radius 1 is 1.46 bits per heavy atom. The molecule has 0 bridgehead atoms. The maximum absolute atomic E-state index is 12.4. The predicted molar refractivity (Wildman–Crippen MR) is 39.1 cm³/mol. The molecule has 1 aromatic heterocycles. The van der Waals surface area contributed by atoms with Crippen LogP contribution in [0.4, 0.5) is 13.2 Å². The van der Waals surface area contributed by atoms with Crippen molar-refractivity contribution < 1.29 is 13.2 Å². The number of aromatic nitrogens is 2. The van der Waals surface area contributed by atoms with Crippen LogP contribution >= 0.6 is 0 Å². The number of halogens is 3. The molecule has 1 atom stereocenters. The molecule has 0 aromatic carbocycles. The molecule has 72 valence electrons. The van der Waals surface area contributed by atoms with Gasteiger partial charge in [-0.15, -0.1) is 0 Å². The smallest absolute Gasteiger partial charge is 0.348 e. The Bertz CT molecular complexity index is 304. The van der Waals surface area contributed by atoms with Crippen LogP contribution in [0.2, 0.25) is 0 Å². The third kappa shape index (κ3) is 1.41. The van der Waals surface area contributed by atoms with Crippen molar-refractivity contribution in [2.45, 2.75) is 18.6 Å². The lowest BCUT2D eigenvalue weighted by atomic mass is 10.1. The number of hydrogen-bond donors (Lipinski definition) is 2. The Balaban J connectivity index is 2.35. The third-order valence-corrected chi connectivity index (χ3v) is 2.08. The lowest BCUT2D eigenvalue weighted by molar-refractivity contribution is -0.159. The van der Waals surface area contributed by atoms with E-state index in [0.717, 1.165) is 0 Å². The van der Waals surface area contributed by atoms with Crippen LogP contribution in [0.25, 0.3) is 0 Å². The fourth-order valence-electron chi connectivity index (χ4n) is 1.49. The zero-order valence-corrected chi connectivity index (χ0v) is 6.65. The van der Waals surface area contributed by atoms with Crippen molar-refractivity contribution in [2.75, 3.05) is 6.54 Å². The monoisotopic (exact) mass is 191 g/mol. The summed E-state index contributed by atoms with van der Waals surface area (Å²) < 4.78 is 37.1. The average Bonchev–Trinajstić information content (AvgIpc) is 2.48. The maximum atomic E-state index is 12.4. The minimum absolute atomic E-state index is 0.0822. The van der Waals surface area contributed by atoms with Crippen molar-refractivity contribution >= 4 is 0 Å². The molecule has 2 rings (SSSR count). The first-order chi connectivity index (χ1) is 6.09. The third-order valence-electron chi connectivity index (χ3n) is 2.08. The van der Waals surface area contributed by atoms with E-state index in [-0.39, 0.29) is 5.69 Å². The Morgan fingerprint density at radius 2 is 2.23 bits per heavy atom. The summed E-state index contributed by atoms with van der Waals surface area (Å²) >= 11 is 0. The first-order valence-corrected chi connectivity index (χ1v) is 3.91. The van der Waals surface area contributed by atoms with E-state index in [4.69, 9.17) is 0 Å². The SMILES string of the molecule is FC(F)(F)C1NCCc2[nH]cnc21. The molecular formula is C7H8F3N3. The summed E-state index contributed by atoms with van der Waals surface area (Å²) in [5, 5.41) is 2.39. The molecule has 2 heterocycles. The van der Waals surface area contributed by atoms with Crippen LogP contribution in [0, 0.1) is 0 Å². The number of aromatic amines is 1. The quantitative estimate of drug-likeness (QED) is 0.646. The number of fused-ring (bicyclic) bond motifs is 1. The average molecular weight is 191 g/mol. The van der Waals surface area contributed by atoms with Crippen LogP contribution in [0.5, 0.6) is 0 Å². The lowest BCUT2D eigenvalue weighted by Gasteiger charge is -2.24. The topological polar surface area (TPSA) is 40.7 Å². The van der Waals surface area contributed by atoms with Crippen molar-refractivity contribution in [1.82, 2.24) is 15.3 Å². The van der Waals surface area contributed by atoms with E-state index in [1.165, 1.54) is 6.33 Å². The highest BCUT2D eigenvalue weighted by Gasteiger charge is 2.44. The molecule has 13 heavy (non-hydrogen) atoms. The Morgan fingerprint density at radius 3 is 2.92 bits per heavy atom. The van der Waals surface area contributed by atoms with Gasteiger partial charge in [-0.3, -0.25) is 0 Å². The fourth-order valence-corrected chi connectivity index (χ4v) is 1.49. The molecule has 0 saturated carbocycles. The summed E-state index contributed by atoms with van der Waals surface area (Å²) in [4.78, 5) is 6.38. The predicted octanol–water partition coefficient (Wildman–Crippen LogP) is 1.16. The zero-order chi connectivity index (χ0) is 9.47. The first kappa shape index (κ1) is 8.55. The first-order valence-electron chi connectivity index (χ1n) is 3.91. The van der Waals surface area contributed by atoms with Gasteiger partial charge >= 0.3 is 6.18 Å². The molecular weight excluding hydrogens is 183 g/mol. The number of rotatable bonds is 0. The molecule has 0 saturated heterocycles. The van der Waals surface area contributed by atoms with Gasteiger partial charge in [0.05, 0.1) is 12.0 Å². The molecule has 1 aromatic rings. The summed E-state index contributed by atoms with van der Waals surface area (Å²) in [6.07, 6.45) is -2.39. The van der Waals surface area contributed by atoms with E-state index < -0.39 is 12.2 Å². The molecule has 1 aliphatic heterocycles. The van der Waals surface area contributed by atoms with Gasteiger partial charge in [-0.05, 0) is 0 Å². The molecule has 0 amide bonds. The molecule has 2 N–H and O–H groups in total. The van der Waals surface area contributed by atoms with Gasteiger partial charge in [0.15, 0.2) is 0 Å². The number of hydrogen-bond acceptors (Lipinski definition) is 2. The van der Waals surface area contributed by atoms with Crippen molar-refractivity contribution in [1.29, 1.82) is 0 Å². The van der Waals surface area contributed by atoms with E-state index in [1.807, 2.05) is 0 Å². The summed E-state index contributed by atoms with van der Waals surface area (Å²) in [5.41, 5.74) is 0.667. The number of nitrogens with one attached hydrogen (secondary N) is 2. The molecule has 1 unspecified atom stereocenters. The van der Waals surface area contributed by atoms with E-state index in [0.29, 0.717) is 18.7 Å². The van der Waals surface area contributed by atoms with Gasteiger partial charge in [-0.2, -0.15) is 13.2 Å². The van der Waals surface area contributed by atoms with Gasteiger partial charge in [0.1, 0.15) is 6.04 Å². The minimum atomic E-state index is -4.26. The van der Waals surface area contributed by atoms with Crippen molar-refractivity contribution in [2.24, 2.45) is 0 Å². The number of imidazole rings is 1. The molecule has 0 radical (unpaired) electrons. The second-order valence-corrected chi connectivity index (χ2v) is 2.95. The molecule has 0 fully saturated rings. The Labute approximate surface area is 72.4 Å². The summed E-state index contributed by atoms with van der Waals surface area (Å²) in [6.45, 7) is 0.333. The van der Waals surface area contributed by atoms with E-state index in [2.05, 4.69) is 15.3 Å². The Kier molecular flexibility index (Phi) is 1.80. The van der Waals surface area contributed by atoms with Gasteiger partial charge < -0.3 is 10.3 Å². The van der Waals surface area contributed by atoms with Crippen molar-refractivity contribution in [3.8, 4) is 0 Å². The number of alkyl halides is 3. The highest BCUT2D eigenvalue weighted by Crippen LogP contribution is 2.34. The lowest BCUT2D eigenvalue weighted by Crippen LogP contribution is -2.39. The van der Waals surface area contributed by atoms with E-state index in [1.54, 1.807) is 0 Å². The van der Waals surface area contributed by atoms with E-state index in [9.17, 15) is 13.2 Å². The highest BCUT2D eigenvalue weighted by atomic mass is 19.4. The van der Waals surface area contributed by atoms with Crippen molar-refractivity contribution in [3.63, 3.8) is 0 Å². The van der Waals surface area contributed by atoms with Crippen LogP contribution in [-0.2, 0) is 6.42 Å². The second kappa shape index (κ2) is 2.73. The summed E-state index contributed by atoms with van der Waals surface area (Å²) in [5.74, 6) is 0. The minimum Gasteiger partial charge on any atom is -0.348 e. The molecule has 0 aliphatic carbocycles. The van der Waals surface area contributed by atoms with Gasteiger partial charge in [0.25, 0.3) is 0 Å². The number of nitrogens with zero attached hydrogens (tertiary/aromatic N) is 1. The second-order valence-electron chi connectivity index (χ2n) is 2.95. The normalized spacial score (nSPS) is 22.8. The van der Waals surface area contributed by atoms with Gasteiger partial charge in [0.2, 0.25) is 0 Å².